The molecule has 2 aliphatic rings. The van der Waals surface area contributed by atoms with E-state index < -0.39 is 0 Å². The normalized spacial score (nSPS) is 18.0. The fourth-order valence-corrected chi connectivity index (χ4v) is 2.97. The number of carbonyl (C=O) groups is 3. The van der Waals surface area contributed by atoms with Crippen LogP contribution in [0.15, 0.2) is 18.2 Å². The van der Waals surface area contributed by atoms with Crippen molar-refractivity contribution in [2.45, 2.75) is 6.92 Å². The third-order valence-corrected chi connectivity index (χ3v) is 4.37. The summed E-state index contributed by atoms with van der Waals surface area (Å²) in [6.07, 6.45) is 0. The second-order valence-corrected chi connectivity index (χ2v) is 5.82. The van der Waals surface area contributed by atoms with Gasteiger partial charge in [0.05, 0.1) is 24.3 Å². The molecular formula is C17H21N3O4. The summed E-state index contributed by atoms with van der Waals surface area (Å²) in [5.41, 5.74) is 1.07. The zero-order chi connectivity index (χ0) is 17.1. The van der Waals surface area contributed by atoms with Gasteiger partial charge in [-0.1, -0.05) is 0 Å². The average molecular weight is 331 g/mol. The molecule has 2 heterocycles. The predicted molar refractivity (Wildman–Crippen MR) is 87.1 cm³/mol. The van der Waals surface area contributed by atoms with Gasteiger partial charge in [-0.25, -0.2) is 0 Å². The van der Waals surface area contributed by atoms with Gasteiger partial charge in [0.25, 0.3) is 17.7 Å². The third kappa shape index (κ3) is 3.18. The molecule has 1 aromatic carbocycles. The van der Waals surface area contributed by atoms with Crippen molar-refractivity contribution in [3.8, 4) is 0 Å². The maximum absolute atomic E-state index is 12.3. The zero-order valence-corrected chi connectivity index (χ0v) is 13.7. The monoisotopic (exact) mass is 331 g/mol. The lowest BCUT2D eigenvalue weighted by molar-refractivity contribution is 0.0383. The van der Waals surface area contributed by atoms with Crippen LogP contribution >= 0.6 is 0 Å². The number of rotatable bonds is 5. The number of fused-ring (bicyclic) bond motifs is 1. The summed E-state index contributed by atoms with van der Waals surface area (Å²) in [7, 11) is 0. The summed E-state index contributed by atoms with van der Waals surface area (Å²) in [6.45, 7) is 6.57. The number of amides is 3. The first-order chi connectivity index (χ1) is 11.6. The summed E-state index contributed by atoms with van der Waals surface area (Å²) < 4.78 is 5.28. The number of imide groups is 1. The molecule has 3 amide bonds. The number of benzene rings is 1. The molecular weight excluding hydrogens is 310 g/mol. The van der Waals surface area contributed by atoms with Crippen molar-refractivity contribution >= 4 is 17.7 Å². The van der Waals surface area contributed by atoms with Gasteiger partial charge in [0.2, 0.25) is 0 Å². The van der Waals surface area contributed by atoms with Gasteiger partial charge in [-0.2, -0.15) is 0 Å². The van der Waals surface area contributed by atoms with Gasteiger partial charge < -0.3 is 10.1 Å². The molecule has 7 heteroatoms. The molecule has 1 aromatic rings. The molecule has 0 saturated carbocycles. The largest absolute Gasteiger partial charge is 0.379 e. The second kappa shape index (κ2) is 7.11. The van der Waals surface area contributed by atoms with E-state index in [1.165, 1.54) is 11.0 Å². The lowest BCUT2D eigenvalue weighted by Crippen LogP contribution is -2.41. The molecule has 0 bridgehead atoms. The molecule has 7 nitrogen and oxygen atoms in total. The third-order valence-electron chi connectivity index (χ3n) is 4.37. The summed E-state index contributed by atoms with van der Waals surface area (Å²) in [5.74, 6) is -0.863. The number of carbonyl (C=O) groups excluding carboxylic acids is 3. The number of ether oxygens (including phenoxy) is 1. The first-order valence-corrected chi connectivity index (χ1v) is 8.20. The molecule has 0 atom stereocenters. The van der Waals surface area contributed by atoms with E-state index >= 15 is 0 Å². The van der Waals surface area contributed by atoms with Crippen LogP contribution in [0.4, 0.5) is 0 Å². The molecule has 0 unspecified atom stereocenters. The molecule has 2 aliphatic heterocycles. The fraction of sp³-hybridized carbons (Fsp3) is 0.471. The Bertz CT molecular complexity index is 668. The van der Waals surface area contributed by atoms with Gasteiger partial charge in [-0.05, 0) is 25.1 Å². The van der Waals surface area contributed by atoms with E-state index in [9.17, 15) is 14.4 Å². The fourth-order valence-electron chi connectivity index (χ4n) is 2.97. The van der Waals surface area contributed by atoms with E-state index in [4.69, 9.17) is 4.74 Å². The molecule has 0 radical (unpaired) electrons. The predicted octanol–water partition coefficient (Wildman–Crippen LogP) is 0.365. The SMILES string of the molecule is CCN1C(=O)c2ccc(C(=O)NCCN3CCOCC3)cc2C1=O. The smallest absolute Gasteiger partial charge is 0.261 e. The highest BCUT2D eigenvalue weighted by Crippen LogP contribution is 2.23. The van der Waals surface area contributed by atoms with E-state index in [1.54, 1.807) is 19.1 Å². The first-order valence-electron chi connectivity index (χ1n) is 8.20. The van der Waals surface area contributed by atoms with Gasteiger partial charge in [-0.15, -0.1) is 0 Å². The van der Waals surface area contributed by atoms with Gasteiger partial charge in [0.15, 0.2) is 0 Å². The Morgan fingerprint density at radius 3 is 2.58 bits per heavy atom. The van der Waals surface area contributed by atoms with Crippen LogP contribution in [0.1, 0.15) is 38.0 Å². The van der Waals surface area contributed by atoms with Crippen LogP contribution < -0.4 is 5.32 Å². The Hall–Kier alpha value is -2.25. The van der Waals surface area contributed by atoms with E-state index in [0.29, 0.717) is 29.8 Å². The zero-order valence-electron chi connectivity index (χ0n) is 13.7. The second-order valence-electron chi connectivity index (χ2n) is 5.82. The van der Waals surface area contributed by atoms with Crippen molar-refractivity contribution in [2.24, 2.45) is 0 Å². The molecule has 1 fully saturated rings. The van der Waals surface area contributed by atoms with Crippen LogP contribution in [-0.2, 0) is 4.74 Å². The Morgan fingerprint density at radius 2 is 1.88 bits per heavy atom. The summed E-state index contributed by atoms with van der Waals surface area (Å²) in [4.78, 5) is 39.9. The molecule has 128 valence electrons. The topological polar surface area (TPSA) is 79.0 Å². The standard InChI is InChI=1S/C17H21N3O4/c1-2-20-16(22)13-4-3-12(11-14(13)17(20)23)15(21)18-5-6-19-7-9-24-10-8-19/h3-4,11H,2,5-10H2,1H3,(H,18,21). The molecule has 1 saturated heterocycles. The van der Waals surface area contributed by atoms with Crippen molar-refractivity contribution in [2.75, 3.05) is 45.9 Å². The first kappa shape index (κ1) is 16.6. The van der Waals surface area contributed by atoms with E-state index in [0.717, 1.165) is 32.8 Å². The number of nitrogens with one attached hydrogen (secondary N) is 1. The minimum Gasteiger partial charge on any atom is -0.379 e. The van der Waals surface area contributed by atoms with Crippen LogP contribution in [0.5, 0.6) is 0 Å². The van der Waals surface area contributed by atoms with Gasteiger partial charge in [0, 0.05) is 38.3 Å². The van der Waals surface area contributed by atoms with Gasteiger partial charge in [-0.3, -0.25) is 24.2 Å². The van der Waals surface area contributed by atoms with Crippen molar-refractivity contribution < 1.29 is 19.1 Å². The van der Waals surface area contributed by atoms with Crippen molar-refractivity contribution in [3.05, 3.63) is 34.9 Å². The molecule has 0 spiro atoms. The molecule has 1 N–H and O–H groups in total. The molecule has 3 rings (SSSR count). The minimum atomic E-state index is -0.333. The van der Waals surface area contributed by atoms with Gasteiger partial charge in [0.1, 0.15) is 0 Å². The average Bonchev–Trinajstić information content (AvgIpc) is 2.85. The highest BCUT2D eigenvalue weighted by Gasteiger charge is 2.34. The van der Waals surface area contributed by atoms with E-state index in [-0.39, 0.29) is 17.7 Å². The Morgan fingerprint density at radius 1 is 1.17 bits per heavy atom. The molecule has 0 aromatic heterocycles. The molecule has 24 heavy (non-hydrogen) atoms. The lowest BCUT2D eigenvalue weighted by atomic mass is 10.1. The lowest BCUT2D eigenvalue weighted by Gasteiger charge is -2.26. The van der Waals surface area contributed by atoms with Crippen molar-refractivity contribution in [1.82, 2.24) is 15.1 Å². The summed E-state index contributed by atoms with van der Waals surface area (Å²) in [6, 6.07) is 4.66. The van der Waals surface area contributed by atoms with Crippen molar-refractivity contribution in [1.29, 1.82) is 0 Å². The van der Waals surface area contributed by atoms with Crippen LogP contribution in [0.3, 0.4) is 0 Å². The summed E-state index contributed by atoms with van der Waals surface area (Å²) in [5, 5.41) is 2.86. The maximum atomic E-state index is 12.3. The summed E-state index contributed by atoms with van der Waals surface area (Å²) >= 11 is 0. The number of hydrogen-bond acceptors (Lipinski definition) is 5. The van der Waals surface area contributed by atoms with E-state index in [2.05, 4.69) is 10.2 Å². The molecule has 0 aliphatic carbocycles. The van der Waals surface area contributed by atoms with Crippen molar-refractivity contribution in [3.63, 3.8) is 0 Å². The highest BCUT2D eigenvalue weighted by atomic mass is 16.5. The number of hydrogen-bond donors (Lipinski definition) is 1. The Kier molecular flexibility index (Phi) is 4.92. The Balaban J connectivity index is 1.61. The van der Waals surface area contributed by atoms with Gasteiger partial charge >= 0.3 is 0 Å². The Labute approximate surface area is 140 Å². The van der Waals surface area contributed by atoms with Crippen LogP contribution in [0.25, 0.3) is 0 Å². The number of morpholine rings is 1. The minimum absolute atomic E-state index is 0.235. The number of nitrogens with zero attached hydrogens (tertiary/aromatic N) is 2. The van der Waals surface area contributed by atoms with Crippen LogP contribution in [0.2, 0.25) is 0 Å². The maximum Gasteiger partial charge on any atom is 0.261 e. The van der Waals surface area contributed by atoms with Crippen LogP contribution in [-0.4, -0.2) is 73.5 Å². The quantitative estimate of drug-likeness (QED) is 0.789. The van der Waals surface area contributed by atoms with E-state index in [1.807, 2.05) is 0 Å². The van der Waals surface area contributed by atoms with Crippen LogP contribution in [0, 0.1) is 0 Å². The highest BCUT2D eigenvalue weighted by molar-refractivity contribution is 6.22.